The smallest absolute Gasteiger partial charge is 0.370 e. The van der Waals surface area contributed by atoms with Gasteiger partial charge in [0.1, 0.15) is 0 Å². The molecule has 4 nitrogen and oxygen atoms in total. The number of likely N-dealkylation sites (N-methyl/N-ethyl adjacent to an activating group) is 1. The second-order valence-electron chi connectivity index (χ2n) is 7.26. The number of carbonyl (C=O) groups excluding carboxylic acids is 1. The van der Waals surface area contributed by atoms with Crippen LogP contribution in [0.5, 0.6) is 0 Å². The molecule has 0 aliphatic carbocycles. The highest BCUT2D eigenvalue weighted by Gasteiger charge is 2.30. The molecule has 1 N–H and O–H groups in total. The zero-order valence-electron chi connectivity index (χ0n) is 16.4. The van der Waals surface area contributed by atoms with Crippen LogP contribution < -0.4 is 10.2 Å². The van der Waals surface area contributed by atoms with Crippen molar-refractivity contribution in [3.05, 3.63) is 54.1 Å². The maximum Gasteiger partial charge on any atom is 0.416 e. The molecule has 1 unspecified atom stereocenters. The van der Waals surface area contributed by atoms with Gasteiger partial charge in [-0.15, -0.1) is 11.8 Å². The predicted molar refractivity (Wildman–Crippen MR) is 112 cm³/mol. The molecular formula is C21H24F3N3OS. The molecule has 1 fully saturated rings. The lowest BCUT2D eigenvalue weighted by Crippen LogP contribution is -2.31. The van der Waals surface area contributed by atoms with Crippen LogP contribution in [-0.4, -0.2) is 49.8 Å². The van der Waals surface area contributed by atoms with Gasteiger partial charge in [0.25, 0.3) is 0 Å². The number of hydrogen-bond acceptors (Lipinski definition) is 4. The normalized spacial score (nSPS) is 17.0. The highest BCUT2D eigenvalue weighted by molar-refractivity contribution is 8.00. The van der Waals surface area contributed by atoms with Crippen LogP contribution in [0.1, 0.15) is 12.0 Å². The molecule has 0 radical (unpaired) electrons. The molecule has 2 aromatic rings. The van der Waals surface area contributed by atoms with Crippen molar-refractivity contribution in [2.75, 3.05) is 43.2 Å². The van der Waals surface area contributed by atoms with E-state index in [1.165, 1.54) is 23.9 Å². The zero-order chi connectivity index (χ0) is 21.0. The van der Waals surface area contributed by atoms with Crippen molar-refractivity contribution in [2.24, 2.45) is 0 Å². The largest absolute Gasteiger partial charge is 0.416 e. The minimum Gasteiger partial charge on any atom is -0.370 e. The molecule has 1 amide bonds. The number of nitrogens with zero attached hydrogens (tertiary/aromatic N) is 2. The van der Waals surface area contributed by atoms with Gasteiger partial charge in [-0.2, -0.15) is 13.2 Å². The molecule has 0 bridgehead atoms. The first-order valence-electron chi connectivity index (χ1n) is 9.34. The van der Waals surface area contributed by atoms with Crippen LogP contribution in [-0.2, 0) is 11.0 Å². The van der Waals surface area contributed by atoms with E-state index in [4.69, 9.17) is 0 Å². The SMILES string of the molecule is CN(C)C1CCN(c2ccc(NC(=O)CSc3ccc(C(F)(F)F)cc3)cc2)C1. The Morgan fingerprint density at radius 3 is 2.34 bits per heavy atom. The molecule has 0 saturated carbocycles. The van der Waals surface area contributed by atoms with E-state index >= 15 is 0 Å². The second-order valence-corrected chi connectivity index (χ2v) is 8.31. The van der Waals surface area contributed by atoms with E-state index in [0.717, 1.165) is 37.3 Å². The quantitative estimate of drug-likeness (QED) is 0.690. The van der Waals surface area contributed by atoms with Crippen molar-refractivity contribution in [3.8, 4) is 0 Å². The number of anilines is 2. The molecule has 156 valence electrons. The van der Waals surface area contributed by atoms with Gasteiger partial charge in [-0.1, -0.05) is 0 Å². The maximum atomic E-state index is 12.6. The number of alkyl halides is 3. The third kappa shape index (κ3) is 5.90. The van der Waals surface area contributed by atoms with E-state index in [2.05, 4.69) is 29.2 Å². The third-order valence-electron chi connectivity index (χ3n) is 4.96. The number of halogens is 3. The Morgan fingerprint density at radius 1 is 1.14 bits per heavy atom. The average Bonchev–Trinajstić information content (AvgIpc) is 3.17. The molecule has 0 aromatic heterocycles. The van der Waals surface area contributed by atoms with Crippen LogP contribution >= 0.6 is 11.8 Å². The zero-order valence-corrected chi connectivity index (χ0v) is 17.2. The number of benzene rings is 2. The molecule has 1 aliphatic heterocycles. The van der Waals surface area contributed by atoms with Crippen molar-refractivity contribution in [3.63, 3.8) is 0 Å². The van der Waals surface area contributed by atoms with Gasteiger partial charge in [-0.25, -0.2) is 0 Å². The Bertz CT molecular complexity index is 823. The van der Waals surface area contributed by atoms with Gasteiger partial charge in [0.05, 0.1) is 11.3 Å². The van der Waals surface area contributed by atoms with E-state index in [-0.39, 0.29) is 11.7 Å². The average molecular weight is 424 g/mol. The summed E-state index contributed by atoms with van der Waals surface area (Å²) in [6.07, 6.45) is -3.22. The van der Waals surface area contributed by atoms with Crippen LogP contribution in [0, 0.1) is 0 Å². The first-order valence-corrected chi connectivity index (χ1v) is 10.3. The van der Waals surface area contributed by atoms with Crippen molar-refractivity contribution in [1.82, 2.24) is 4.90 Å². The lowest BCUT2D eigenvalue weighted by atomic mass is 10.2. The number of hydrogen-bond donors (Lipinski definition) is 1. The Kier molecular flexibility index (Phi) is 6.74. The van der Waals surface area contributed by atoms with E-state index < -0.39 is 11.7 Å². The summed E-state index contributed by atoms with van der Waals surface area (Å²) in [5.41, 5.74) is 1.14. The van der Waals surface area contributed by atoms with Crippen molar-refractivity contribution in [2.45, 2.75) is 23.5 Å². The van der Waals surface area contributed by atoms with Gasteiger partial charge in [0.15, 0.2) is 0 Å². The fourth-order valence-corrected chi connectivity index (χ4v) is 3.94. The van der Waals surface area contributed by atoms with Gasteiger partial charge in [0, 0.05) is 35.4 Å². The predicted octanol–water partition coefficient (Wildman–Crippen LogP) is 4.58. The highest BCUT2D eigenvalue weighted by Crippen LogP contribution is 2.31. The standard InChI is InChI=1S/C21H24F3N3OS/c1-26(2)18-11-12-27(13-18)17-7-5-16(6-8-17)25-20(28)14-29-19-9-3-15(4-10-19)21(22,23)24/h3-10,18H,11-14H2,1-2H3,(H,25,28). The maximum absolute atomic E-state index is 12.6. The van der Waals surface area contributed by atoms with Crippen molar-refractivity contribution >= 4 is 29.0 Å². The molecule has 1 aliphatic rings. The summed E-state index contributed by atoms with van der Waals surface area (Å²) >= 11 is 1.20. The highest BCUT2D eigenvalue weighted by atomic mass is 32.2. The summed E-state index contributed by atoms with van der Waals surface area (Å²) in [4.78, 5) is 17.3. The lowest BCUT2D eigenvalue weighted by Gasteiger charge is -2.22. The monoisotopic (exact) mass is 423 g/mol. The molecule has 8 heteroatoms. The van der Waals surface area contributed by atoms with E-state index in [0.29, 0.717) is 16.6 Å². The van der Waals surface area contributed by atoms with Gasteiger partial charge in [0.2, 0.25) is 5.91 Å². The summed E-state index contributed by atoms with van der Waals surface area (Å²) in [5.74, 6) is -0.0690. The summed E-state index contributed by atoms with van der Waals surface area (Å²) in [6.45, 7) is 2.00. The van der Waals surface area contributed by atoms with Crippen LogP contribution in [0.15, 0.2) is 53.4 Å². The first kappa shape index (κ1) is 21.5. The second kappa shape index (κ2) is 9.09. The Labute approximate surface area is 173 Å². The third-order valence-corrected chi connectivity index (χ3v) is 5.97. The Morgan fingerprint density at radius 2 is 1.79 bits per heavy atom. The summed E-state index contributed by atoms with van der Waals surface area (Å²) in [5, 5.41) is 2.83. The van der Waals surface area contributed by atoms with Gasteiger partial charge >= 0.3 is 6.18 Å². The molecule has 1 atom stereocenters. The van der Waals surface area contributed by atoms with Crippen molar-refractivity contribution in [1.29, 1.82) is 0 Å². The van der Waals surface area contributed by atoms with Gasteiger partial charge < -0.3 is 15.1 Å². The molecule has 1 saturated heterocycles. The fraction of sp³-hybridized carbons (Fsp3) is 0.381. The Balaban J connectivity index is 1.48. The minimum atomic E-state index is -4.35. The molecule has 29 heavy (non-hydrogen) atoms. The number of nitrogens with one attached hydrogen (secondary N) is 1. The molecular weight excluding hydrogens is 399 g/mol. The first-order chi connectivity index (χ1) is 13.7. The fourth-order valence-electron chi connectivity index (χ4n) is 3.24. The lowest BCUT2D eigenvalue weighted by molar-refractivity contribution is -0.137. The Hall–Kier alpha value is -2.19. The molecule has 2 aromatic carbocycles. The van der Waals surface area contributed by atoms with Crippen LogP contribution in [0.3, 0.4) is 0 Å². The number of amides is 1. The summed E-state index contributed by atoms with van der Waals surface area (Å²) in [7, 11) is 4.19. The van der Waals surface area contributed by atoms with Gasteiger partial charge in [-0.05, 0) is 69.0 Å². The van der Waals surface area contributed by atoms with E-state index in [9.17, 15) is 18.0 Å². The number of carbonyl (C=O) groups is 1. The van der Waals surface area contributed by atoms with E-state index in [1.54, 1.807) is 0 Å². The van der Waals surface area contributed by atoms with Crippen molar-refractivity contribution < 1.29 is 18.0 Å². The van der Waals surface area contributed by atoms with Gasteiger partial charge in [-0.3, -0.25) is 4.79 Å². The topological polar surface area (TPSA) is 35.6 Å². The molecule has 0 spiro atoms. The van der Waals surface area contributed by atoms with E-state index in [1.807, 2.05) is 24.3 Å². The number of thioether (sulfide) groups is 1. The van der Waals surface area contributed by atoms with Crippen LogP contribution in [0.25, 0.3) is 0 Å². The van der Waals surface area contributed by atoms with Crippen LogP contribution in [0.4, 0.5) is 24.5 Å². The molecule has 3 rings (SSSR count). The summed E-state index contributed by atoms with van der Waals surface area (Å²) in [6, 6.07) is 13.1. The minimum absolute atomic E-state index is 0.129. The number of rotatable bonds is 6. The summed E-state index contributed by atoms with van der Waals surface area (Å²) < 4.78 is 37.7. The van der Waals surface area contributed by atoms with Crippen LogP contribution in [0.2, 0.25) is 0 Å². The molecule has 1 heterocycles.